The van der Waals surface area contributed by atoms with Gasteiger partial charge in [0, 0.05) is 25.6 Å². The van der Waals surface area contributed by atoms with Crippen LogP contribution in [0.25, 0.3) is 0 Å². The van der Waals surface area contributed by atoms with Crippen LogP contribution in [-0.4, -0.2) is 37.7 Å². The Morgan fingerprint density at radius 2 is 2.17 bits per heavy atom. The summed E-state index contributed by atoms with van der Waals surface area (Å²) in [6, 6.07) is 0.618. The summed E-state index contributed by atoms with van der Waals surface area (Å²) in [7, 11) is 0. The van der Waals surface area contributed by atoms with Crippen molar-refractivity contribution in [3.05, 3.63) is 0 Å². The Morgan fingerprint density at radius 1 is 1.22 bits per heavy atom. The SMILES string of the molecule is O=C(CCC1CCCCO1)NCC[C@@H]1CCCN1. The number of carbonyl (C=O) groups is 1. The van der Waals surface area contributed by atoms with Gasteiger partial charge in [-0.25, -0.2) is 0 Å². The lowest BCUT2D eigenvalue weighted by Crippen LogP contribution is -2.31. The largest absolute Gasteiger partial charge is 0.378 e. The number of hydrogen-bond donors (Lipinski definition) is 2. The van der Waals surface area contributed by atoms with Crippen molar-refractivity contribution in [2.45, 2.75) is 63.5 Å². The minimum absolute atomic E-state index is 0.183. The van der Waals surface area contributed by atoms with Crippen LogP contribution in [0.2, 0.25) is 0 Å². The van der Waals surface area contributed by atoms with Gasteiger partial charge in [-0.3, -0.25) is 4.79 Å². The van der Waals surface area contributed by atoms with E-state index in [1.807, 2.05) is 0 Å². The van der Waals surface area contributed by atoms with E-state index in [4.69, 9.17) is 4.74 Å². The monoisotopic (exact) mass is 254 g/mol. The van der Waals surface area contributed by atoms with E-state index in [1.54, 1.807) is 0 Å². The van der Waals surface area contributed by atoms with E-state index in [-0.39, 0.29) is 5.91 Å². The van der Waals surface area contributed by atoms with Crippen LogP contribution in [0.15, 0.2) is 0 Å². The molecule has 0 spiro atoms. The zero-order chi connectivity index (χ0) is 12.6. The Labute approximate surface area is 110 Å². The van der Waals surface area contributed by atoms with E-state index in [0.717, 1.165) is 39.0 Å². The molecular weight excluding hydrogens is 228 g/mol. The molecule has 2 saturated heterocycles. The van der Waals surface area contributed by atoms with Crippen molar-refractivity contribution in [2.24, 2.45) is 0 Å². The maximum absolute atomic E-state index is 11.7. The number of nitrogens with one attached hydrogen (secondary N) is 2. The Hall–Kier alpha value is -0.610. The molecule has 1 unspecified atom stereocenters. The van der Waals surface area contributed by atoms with Crippen LogP contribution >= 0.6 is 0 Å². The van der Waals surface area contributed by atoms with E-state index < -0.39 is 0 Å². The molecule has 0 aliphatic carbocycles. The number of hydrogen-bond acceptors (Lipinski definition) is 3. The van der Waals surface area contributed by atoms with Crippen molar-refractivity contribution in [3.63, 3.8) is 0 Å². The van der Waals surface area contributed by atoms with Crippen molar-refractivity contribution in [3.8, 4) is 0 Å². The molecule has 4 heteroatoms. The summed E-state index contributed by atoms with van der Waals surface area (Å²) in [5.41, 5.74) is 0. The highest BCUT2D eigenvalue weighted by molar-refractivity contribution is 5.75. The topological polar surface area (TPSA) is 50.4 Å². The molecule has 1 amide bonds. The van der Waals surface area contributed by atoms with Crippen molar-refractivity contribution in [1.82, 2.24) is 10.6 Å². The van der Waals surface area contributed by atoms with Gasteiger partial charge in [0.05, 0.1) is 6.10 Å². The van der Waals surface area contributed by atoms with Gasteiger partial charge in [0.25, 0.3) is 0 Å². The molecule has 2 fully saturated rings. The zero-order valence-corrected chi connectivity index (χ0v) is 11.2. The summed E-state index contributed by atoms with van der Waals surface area (Å²) >= 11 is 0. The maximum Gasteiger partial charge on any atom is 0.220 e. The normalized spacial score (nSPS) is 28.2. The van der Waals surface area contributed by atoms with Crippen LogP contribution < -0.4 is 10.6 Å². The molecule has 0 aromatic rings. The fourth-order valence-corrected chi connectivity index (χ4v) is 2.80. The summed E-state index contributed by atoms with van der Waals surface area (Å²) in [4.78, 5) is 11.7. The average Bonchev–Trinajstić information content (AvgIpc) is 2.91. The van der Waals surface area contributed by atoms with Gasteiger partial charge in [-0.15, -0.1) is 0 Å². The Bertz CT molecular complexity index is 246. The molecule has 0 aromatic carbocycles. The molecule has 2 heterocycles. The standard InChI is InChI=1S/C14H26N2O2/c17-14(7-6-13-5-1-2-11-18-13)16-10-8-12-4-3-9-15-12/h12-13,15H,1-11H2,(H,16,17)/t12-,13?/m0/s1. The van der Waals surface area contributed by atoms with Crippen LogP contribution in [-0.2, 0) is 9.53 Å². The first-order valence-corrected chi connectivity index (χ1v) is 7.46. The lowest BCUT2D eigenvalue weighted by atomic mass is 10.0. The Balaban J connectivity index is 1.49. The first kappa shape index (κ1) is 13.8. The molecule has 0 radical (unpaired) electrons. The van der Waals surface area contributed by atoms with E-state index in [1.165, 1.54) is 25.7 Å². The molecule has 2 aliphatic rings. The zero-order valence-electron chi connectivity index (χ0n) is 11.2. The van der Waals surface area contributed by atoms with E-state index in [9.17, 15) is 4.79 Å². The Kier molecular flexibility index (Phi) is 5.94. The third-order valence-corrected chi connectivity index (χ3v) is 3.94. The van der Waals surface area contributed by atoms with E-state index in [2.05, 4.69) is 10.6 Å². The second kappa shape index (κ2) is 7.74. The molecular formula is C14H26N2O2. The first-order valence-electron chi connectivity index (χ1n) is 7.46. The van der Waals surface area contributed by atoms with Crippen LogP contribution in [0.4, 0.5) is 0 Å². The third-order valence-electron chi connectivity index (χ3n) is 3.94. The Morgan fingerprint density at radius 3 is 2.89 bits per heavy atom. The van der Waals surface area contributed by atoms with Gasteiger partial charge in [0.15, 0.2) is 0 Å². The lowest BCUT2D eigenvalue weighted by molar-refractivity contribution is -0.122. The van der Waals surface area contributed by atoms with Gasteiger partial charge in [-0.05, 0) is 51.5 Å². The van der Waals surface area contributed by atoms with Crippen LogP contribution in [0, 0.1) is 0 Å². The summed E-state index contributed by atoms with van der Waals surface area (Å²) in [6.45, 7) is 2.82. The third kappa shape index (κ3) is 4.94. The smallest absolute Gasteiger partial charge is 0.220 e. The predicted octanol–water partition coefficient (Wildman–Crippen LogP) is 1.59. The number of amides is 1. The minimum atomic E-state index is 0.183. The molecule has 4 nitrogen and oxygen atoms in total. The molecule has 2 atom stereocenters. The number of carbonyl (C=O) groups excluding carboxylic acids is 1. The first-order chi connectivity index (χ1) is 8.84. The molecule has 2 aliphatic heterocycles. The second-order valence-electron chi connectivity index (χ2n) is 5.46. The van der Waals surface area contributed by atoms with E-state index in [0.29, 0.717) is 18.6 Å². The maximum atomic E-state index is 11.7. The fourth-order valence-electron chi connectivity index (χ4n) is 2.80. The average molecular weight is 254 g/mol. The highest BCUT2D eigenvalue weighted by Crippen LogP contribution is 2.16. The molecule has 104 valence electrons. The quantitative estimate of drug-likeness (QED) is 0.757. The van der Waals surface area contributed by atoms with Crippen LogP contribution in [0.1, 0.15) is 51.4 Å². The van der Waals surface area contributed by atoms with Gasteiger partial charge in [0.2, 0.25) is 5.91 Å². The van der Waals surface area contributed by atoms with Gasteiger partial charge < -0.3 is 15.4 Å². The summed E-state index contributed by atoms with van der Waals surface area (Å²) in [5, 5.41) is 6.46. The molecule has 2 rings (SSSR count). The molecule has 0 bridgehead atoms. The van der Waals surface area contributed by atoms with E-state index >= 15 is 0 Å². The predicted molar refractivity (Wildman–Crippen MR) is 71.5 cm³/mol. The summed E-state index contributed by atoms with van der Waals surface area (Å²) in [5.74, 6) is 0.183. The minimum Gasteiger partial charge on any atom is -0.378 e. The molecule has 18 heavy (non-hydrogen) atoms. The highest BCUT2D eigenvalue weighted by atomic mass is 16.5. The molecule has 2 N–H and O–H groups in total. The molecule has 0 aromatic heterocycles. The summed E-state index contributed by atoms with van der Waals surface area (Å²) in [6.07, 6.45) is 8.96. The van der Waals surface area contributed by atoms with Crippen molar-refractivity contribution in [1.29, 1.82) is 0 Å². The number of ether oxygens (including phenoxy) is 1. The van der Waals surface area contributed by atoms with Crippen molar-refractivity contribution < 1.29 is 9.53 Å². The van der Waals surface area contributed by atoms with Gasteiger partial charge in [0.1, 0.15) is 0 Å². The van der Waals surface area contributed by atoms with Gasteiger partial charge in [-0.1, -0.05) is 0 Å². The lowest BCUT2D eigenvalue weighted by Gasteiger charge is -2.22. The van der Waals surface area contributed by atoms with Crippen molar-refractivity contribution in [2.75, 3.05) is 19.7 Å². The van der Waals surface area contributed by atoms with Crippen molar-refractivity contribution >= 4 is 5.91 Å². The van der Waals surface area contributed by atoms with Gasteiger partial charge in [-0.2, -0.15) is 0 Å². The fraction of sp³-hybridized carbons (Fsp3) is 0.929. The summed E-state index contributed by atoms with van der Waals surface area (Å²) < 4.78 is 5.62. The molecule has 0 saturated carbocycles. The highest BCUT2D eigenvalue weighted by Gasteiger charge is 2.16. The van der Waals surface area contributed by atoms with Gasteiger partial charge >= 0.3 is 0 Å². The number of rotatable bonds is 6. The van der Waals surface area contributed by atoms with Crippen LogP contribution in [0.3, 0.4) is 0 Å². The van der Waals surface area contributed by atoms with Crippen LogP contribution in [0.5, 0.6) is 0 Å². The second-order valence-corrected chi connectivity index (χ2v) is 5.46.